The zero-order valence-electron chi connectivity index (χ0n) is 14.3. The molecule has 2 heterocycles. The van der Waals surface area contributed by atoms with Crippen LogP contribution in [0.1, 0.15) is 44.9 Å². The summed E-state index contributed by atoms with van der Waals surface area (Å²) in [6.45, 7) is 4.50. The van der Waals surface area contributed by atoms with E-state index in [4.69, 9.17) is 4.74 Å². The molecule has 0 aromatic carbocycles. The van der Waals surface area contributed by atoms with E-state index in [2.05, 4.69) is 15.2 Å². The molecule has 0 radical (unpaired) electrons. The van der Waals surface area contributed by atoms with Crippen molar-refractivity contribution >= 4 is 29.9 Å². The van der Waals surface area contributed by atoms with E-state index in [1.165, 1.54) is 44.9 Å². The van der Waals surface area contributed by atoms with Gasteiger partial charge in [-0.15, -0.1) is 24.0 Å². The van der Waals surface area contributed by atoms with Gasteiger partial charge < -0.3 is 20.1 Å². The van der Waals surface area contributed by atoms with Crippen molar-refractivity contribution in [3.8, 4) is 0 Å². The van der Waals surface area contributed by atoms with Gasteiger partial charge in [-0.2, -0.15) is 0 Å². The number of hydrogen-bond donors (Lipinski definition) is 2. The predicted octanol–water partition coefficient (Wildman–Crippen LogP) is 2.23. The largest absolute Gasteiger partial charge is 0.391 e. The quantitative estimate of drug-likeness (QED) is 0.404. The van der Waals surface area contributed by atoms with E-state index in [-0.39, 0.29) is 30.1 Å². The standard InChI is InChI=1S/C17H31N3O2.HI/c1-18-16(19-11-15(21)14-5-3-2-4-6-14)20-9-7-17(12-20)8-10-22-13-17;/h14-15,21H,2-13H2,1H3,(H,18,19);1H. The molecule has 0 aromatic heterocycles. The van der Waals surface area contributed by atoms with Gasteiger partial charge in [0.15, 0.2) is 5.96 Å². The van der Waals surface area contributed by atoms with Crippen LogP contribution in [-0.4, -0.2) is 62.0 Å². The fourth-order valence-electron chi connectivity index (χ4n) is 4.30. The van der Waals surface area contributed by atoms with Gasteiger partial charge in [-0.05, 0) is 31.6 Å². The van der Waals surface area contributed by atoms with Crippen molar-refractivity contribution < 1.29 is 9.84 Å². The lowest BCUT2D eigenvalue weighted by Crippen LogP contribution is -2.45. The highest BCUT2D eigenvalue weighted by molar-refractivity contribution is 14.0. The van der Waals surface area contributed by atoms with Crippen LogP contribution in [0.4, 0.5) is 0 Å². The molecule has 0 amide bonds. The second-order valence-corrected chi connectivity index (χ2v) is 7.37. The molecule has 134 valence electrons. The highest BCUT2D eigenvalue weighted by atomic mass is 127. The molecule has 2 unspecified atom stereocenters. The second-order valence-electron chi connectivity index (χ2n) is 7.37. The summed E-state index contributed by atoms with van der Waals surface area (Å²) in [6, 6.07) is 0. The minimum absolute atomic E-state index is 0. The van der Waals surface area contributed by atoms with Crippen molar-refractivity contribution in [3.05, 3.63) is 0 Å². The number of nitrogens with zero attached hydrogens (tertiary/aromatic N) is 2. The lowest BCUT2D eigenvalue weighted by atomic mass is 9.85. The van der Waals surface area contributed by atoms with Crippen molar-refractivity contribution in [1.82, 2.24) is 10.2 Å². The van der Waals surface area contributed by atoms with Crippen LogP contribution < -0.4 is 5.32 Å². The molecule has 3 aliphatic rings. The third kappa shape index (κ3) is 4.72. The van der Waals surface area contributed by atoms with Crippen LogP contribution in [0.3, 0.4) is 0 Å². The number of aliphatic imine (C=N–C) groups is 1. The summed E-state index contributed by atoms with van der Waals surface area (Å²) in [5, 5.41) is 13.8. The van der Waals surface area contributed by atoms with E-state index in [0.717, 1.165) is 32.3 Å². The number of guanidine groups is 1. The molecule has 2 N–H and O–H groups in total. The highest BCUT2D eigenvalue weighted by Crippen LogP contribution is 2.38. The first-order valence-corrected chi connectivity index (χ1v) is 8.94. The van der Waals surface area contributed by atoms with E-state index in [9.17, 15) is 5.11 Å². The number of ether oxygens (including phenoxy) is 1. The summed E-state index contributed by atoms with van der Waals surface area (Å²) in [5.41, 5.74) is 0.347. The maximum atomic E-state index is 10.4. The summed E-state index contributed by atoms with van der Waals surface area (Å²) in [7, 11) is 1.84. The smallest absolute Gasteiger partial charge is 0.193 e. The van der Waals surface area contributed by atoms with E-state index in [1.54, 1.807) is 0 Å². The number of likely N-dealkylation sites (tertiary alicyclic amines) is 1. The van der Waals surface area contributed by atoms with Gasteiger partial charge in [0, 0.05) is 38.7 Å². The van der Waals surface area contributed by atoms with Gasteiger partial charge in [0.1, 0.15) is 0 Å². The molecule has 3 fully saturated rings. The Bertz CT molecular complexity index is 393. The normalized spacial score (nSPS) is 30.5. The van der Waals surface area contributed by atoms with E-state index >= 15 is 0 Å². The first kappa shape index (κ1) is 19.2. The molecule has 0 aromatic rings. The molecule has 0 bridgehead atoms. The number of aliphatic hydroxyl groups excluding tert-OH is 1. The molecular weight excluding hydrogens is 405 g/mol. The fraction of sp³-hybridized carbons (Fsp3) is 0.941. The summed E-state index contributed by atoms with van der Waals surface area (Å²) >= 11 is 0. The number of halogens is 1. The average molecular weight is 437 g/mol. The van der Waals surface area contributed by atoms with Crippen LogP contribution in [0.5, 0.6) is 0 Å². The Morgan fingerprint density at radius 1 is 1.35 bits per heavy atom. The van der Waals surface area contributed by atoms with Crippen LogP contribution in [0.2, 0.25) is 0 Å². The molecule has 3 rings (SSSR count). The average Bonchev–Trinajstić information content (AvgIpc) is 3.19. The molecule has 1 aliphatic carbocycles. The van der Waals surface area contributed by atoms with Crippen LogP contribution >= 0.6 is 24.0 Å². The summed E-state index contributed by atoms with van der Waals surface area (Å²) < 4.78 is 5.59. The third-order valence-corrected chi connectivity index (χ3v) is 5.80. The monoisotopic (exact) mass is 437 g/mol. The van der Waals surface area contributed by atoms with Crippen LogP contribution in [0, 0.1) is 11.3 Å². The Labute approximate surface area is 157 Å². The van der Waals surface area contributed by atoms with Gasteiger partial charge >= 0.3 is 0 Å². The Morgan fingerprint density at radius 3 is 2.78 bits per heavy atom. The van der Waals surface area contributed by atoms with Gasteiger partial charge in [-0.25, -0.2) is 0 Å². The molecular formula is C17H32IN3O2. The first-order valence-electron chi connectivity index (χ1n) is 8.94. The third-order valence-electron chi connectivity index (χ3n) is 5.80. The van der Waals surface area contributed by atoms with E-state index < -0.39 is 0 Å². The number of rotatable bonds is 3. The lowest BCUT2D eigenvalue weighted by Gasteiger charge is -2.29. The topological polar surface area (TPSA) is 57.1 Å². The van der Waals surface area contributed by atoms with Gasteiger partial charge in [0.2, 0.25) is 0 Å². The molecule has 6 heteroatoms. The molecule has 5 nitrogen and oxygen atoms in total. The minimum atomic E-state index is -0.247. The van der Waals surface area contributed by atoms with Crippen molar-refractivity contribution in [3.63, 3.8) is 0 Å². The van der Waals surface area contributed by atoms with Gasteiger partial charge in [0.25, 0.3) is 0 Å². The van der Waals surface area contributed by atoms with Gasteiger partial charge in [-0.1, -0.05) is 19.3 Å². The predicted molar refractivity (Wildman–Crippen MR) is 103 cm³/mol. The van der Waals surface area contributed by atoms with Crippen molar-refractivity contribution in [2.24, 2.45) is 16.3 Å². The summed E-state index contributed by atoms with van der Waals surface area (Å²) in [6.07, 6.45) is 8.33. The van der Waals surface area contributed by atoms with Gasteiger partial charge in [-0.3, -0.25) is 4.99 Å². The highest BCUT2D eigenvalue weighted by Gasteiger charge is 2.42. The van der Waals surface area contributed by atoms with Crippen LogP contribution in [0.15, 0.2) is 4.99 Å². The molecule has 23 heavy (non-hydrogen) atoms. The lowest BCUT2D eigenvalue weighted by molar-refractivity contribution is 0.0874. The number of nitrogens with one attached hydrogen (secondary N) is 1. The van der Waals surface area contributed by atoms with Gasteiger partial charge in [0.05, 0.1) is 12.7 Å². The molecule has 2 saturated heterocycles. The van der Waals surface area contributed by atoms with E-state index in [0.29, 0.717) is 17.9 Å². The Hall–Kier alpha value is -0.0800. The van der Waals surface area contributed by atoms with Crippen LogP contribution in [-0.2, 0) is 4.74 Å². The van der Waals surface area contributed by atoms with E-state index in [1.807, 2.05) is 7.05 Å². The minimum Gasteiger partial charge on any atom is -0.391 e. The maximum Gasteiger partial charge on any atom is 0.193 e. The maximum absolute atomic E-state index is 10.4. The van der Waals surface area contributed by atoms with Crippen molar-refractivity contribution in [2.45, 2.75) is 51.0 Å². The SMILES string of the molecule is CN=C(NCC(O)C1CCCCC1)N1CCC2(CCOC2)C1.I. The number of aliphatic hydroxyl groups is 1. The molecule has 2 atom stereocenters. The Morgan fingerprint density at radius 2 is 2.13 bits per heavy atom. The second kappa shape index (κ2) is 8.85. The van der Waals surface area contributed by atoms with Crippen LogP contribution in [0.25, 0.3) is 0 Å². The molecule has 1 saturated carbocycles. The first-order chi connectivity index (χ1) is 10.7. The molecule has 1 spiro atoms. The summed E-state index contributed by atoms with van der Waals surface area (Å²) in [4.78, 5) is 6.76. The zero-order chi connectivity index (χ0) is 15.4. The van der Waals surface area contributed by atoms with Crippen molar-refractivity contribution in [1.29, 1.82) is 0 Å². The van der Waals surface area contributed by atoms with Crippen molar-refractivity contribution in [2.75, 3.05) is 39.9 Å². The molecule has 2 aliphatic heterocycles. The fourth-order valence-corrected chi connectivity index (χ4v) is 4.30. The number of hydrogen-bond acceptors (Lipinski definition) is 3. The Balaban J connectivity index is 0.00000192. The Kier molecular flexibility index (Phi) is 7.41. The zero-order valence-corrected chi connectivity index (χ0v) is 16.6. The summed E-state index contributed by atoms with van der Waals surface area (Å²) in [5.74, 6) is 1.41.